The number of ether oxygens (including phenoxy) is 3. The topological polar surface area (TPSA) is 65.5 Å². The molecule has 0 radical (unpaired) electrons. The Hall–Kier alpha value is -2.80. The highest BCUT2D eigenvalue weighted by Crippen LogP contribution is 2.38. The number of benzene rings is 1. The Labute approximate surface area is 162 Å². The van der Waals surface area contributed by atoms with Gasteiger partial charge in [-0.05, 0) is 49.1 Å². The molecule has 6 nitrogen and oxygen atoms in total. The fourth-order valence-corrected chi connectivity index (χ4v) is 3.48. The predicted octanol–water partition coefficient (Wildman–Crippen LogP) is 4.71. The Bertz CT molecular complexity index is 941. The summed E-state index contributed by atoms with van der Waals surface area (Å²) >= 11 is 1.63. The molecule has 0 bridgehead atoms. The van der Waals surface area contributed by atoms with Crippen LogP contribution < -0.4 is 19.5 Å². The van der Waals surface area contributed by atoms with Crippen LogP contribution in [0.15, 0.2) is 23.6 Å². The molecular weight excluding hydrogens is 362 g/mol. The van der Waals surface area contributed by atoms with E-state index in [9.17, 15) is 0 Å². The van der Waals surface area contributed by atoms with Gasteiger partial charge in [0.2, 0.25) is 5.75 Å². The van der Waals surface area contributed by atoms with Crippen molar-refractivity contribution in [2.75, 3.05) is 26.6 Å². The van der Waals surface area contributed by atoms with Crippen LogP contribution in [-0.4, -0.2) is 37.3 Å². The monoisotopic (exact) mass is 385 g/mol. The Morgan fingerprint density at radius 1 is 1.00 bits per heavy atom. The number of rotatable bonds is 7. The van der Waals surface area contributed by atoms with Crippen LogP contribution >= 0.6 is 11.3 Å². The van der Waals surface area contributed by atoms with Crippen LogP contribution in [0.5, 0.6) is 17.2 Å². The van der Waals surface area contributed by atoms with Crippen molar-refractivity contribution in [3.63, 3.8) is 0 Å². The maximum absolute atomic E-state index is 5.40. The minimum Gasteiger partial charge on any atom is -0.493 e. The van der Waals surface area contributed by atoms with Crippen LogP contribution in [0.4, 0.5) is 5.82 Å². The average Bonchev–Trinajstić information content (AvgIpc) is 3.13. The van der Waals surface area contributed by atoms with E-state index in [0.29, 0.717) is 23.1 Å². The van der Waals surface area contributed by atoms with Crippen molar-refractivity contribution in [2.24, 2.45) is 0 Å². The van der Waals surface area contributed by atoms with E-state index in [1.807, 2.05) is 35.7 Å². The Kier molecular flexibility index (Phi) is 5.81. The molecule has 3 aromatic rings. The Morgan fingerprint density at radius 3 is 2.30 bits per heavy atom. The van der Waals surface area contributed by atoms with Crippen molar-refractivity contribution in [1.29, 1.82) is 0 Å². The zero-order valence-electron chi connectivity index (χ0n) is 16.1. The number of fused-ring (bicyclic) bond motifs is 1. The van der Waals surface area contributed by atoms with Gasteiger partial charge in [-0.2, -0.15) is 0 Å². The Balaban J connectivity index is 1.98. The normalized spacial score (nSPS) is 11.3. The minimum atomic E-state index is 0.289. The van der Waals surface area contributed by atoms with Crippen LogP contribution in [-0.2, 0) is 0 Å². The molecule has 0 amide bonds. The summed E-state index contributed by atoms with van der Waals surface area (Å²) in [4.78, 5) is 9.28. The summed E-state index contributed by atoms with van der Waals surface area (Å²) in [7, 11) is 4.79. The maximum Gasteiger partial charge on any atom is 0.203 e. The number of methoxy groups -OCH3 is 3. The van der Waals surface area contributed by atoms with E-state index in [1.165, 1.54) is 0 Å². The standard InChI is InChI=1S/C20H23N3O3S/c1-12(2)21-20-19-14(8-9-27-19)22-17(23-20)7-6-13-10-15(24-3)18(26-5)16(11-13)25-4/h6-12H,1-5H3,(H,21,22,23)/b7-6+. The molecule has 1 N–H and O–H groups in total. The summed E-state index contributed by atoms with van der Waals surface area (Å²) in [5, 5.41) is 5.42. The molecule has 3 rings (SSSR count). The molecule has 0 aliphatic rings. The minimum absolute atomic E-state index is 0.289. The Morgan fingerprint density at radius 2 is 1.70 bits per heavy atom. The zero-order valence-corrected chi connectivity index (χ0v) is 16.9. The van der Waals surface area contributed by atoms with E-state index in [4.69, 9.17) is 14.2 Å². The van der Waals surface area contributed by atoms with E-state index >= 15 is 0 Å². The summed E-state index contributed by atoms with van der Waals surface area (Å²) in [6.07, 6.45) is 3.81. The van der Waals surface area contributed by atoms with Gasteiger partial charge in [-0.15, -0.1) is 11.3 Å². The third-order valence-corrected chi connectivity index (χ3v) is 4.77. The quantitative estimate of drug-likeness (QED) is 0.635. The summed E-state index contributed by atoms with van der Waals surface area (Å²) in [5.74, 6) is 3.27. The van der Waals surface area contributed by atoms with E-state index in [0.717, 1.165) is 21.6 Å². The van der Waals surface area contributed by atoms with Crippen molar-refractivity contribution in [3.8, 4) is 17.2 Å². The van der Waals surface area contributed by atoms with E-state index in [2.05, 4.69) is 29.1 Å². The number of anilines is 1. The molecule has 2 heterocycles. The van der Waals surface area contributed by atoms with Crippen molar-refractivity contribution in [2.45, 2.75) is 19.9 Å². The number of nitrogens with zero attached hydrogens (tertiary/aromatic N) is 2. The van der Waals surface area contributed by atoms with Gasteiger partial charge in [-0.25, -0.2) is 9.97 Å². The maximum atomic E-state index is 5.40. The molecule has 0 aliphatic heterocycles. The smallest absolute Gasteiger partial charge is 0.203 e. The number of hydrogen-bond acceptors (Lipinski definition) is 7. The van der Waals surface area contributed by atoms with Crippen molar-refractivity contribution in [3.05, 3.63) is 35.0 Å². The first kappa shape index (κ1) is 19.0. The number of thiophene rings is 1. The van der Waals surface area contributed by atoms with Gasteiger partial charge in [0.1, 0.15) is 5.82 Å². The lowest BCUT2D eigenvalue weighted by Crippen LogP contribution is -2.11. The first-order valence-corrected chi connectivity index (χ1v) is 9.43. The van der Waals surface area contributed by atoms with Crippen LogP contribution in [0.25, 0.3) is 22.4 Å². The molecule has 0 saturated heterocycles. The lowest BCUT2D eigenvalue weighted by Gasteiger charge is -2.13. The van der Waals surface area contributed by atoms with Gasteiger partial charge in [0.05, 0.1) is 31.5 Å². The summed E-state index contributed by atoms with van der Waals surface area (Å²) < 4.78 is 17.2. The second kappa shape index (κ2) is 8.26. The number of hydrogen-bond donors (Lipinski definition) is 1. The van der Waals surface area contributed by atoms with Gasteiger partial charge in [-0.3, -0.25) is 0 Å². The average molecular weight is 385 g/mol. The van der Waals surface area contributed by atoms with Gasteiger partial charge in [0.15, 0.2) is 17.3 Å². The van der Waals surface area contributed by atoms with Gasteiger partial charge < -0.3 is 19.5 Å². The molecule has 142 valence electrons. The molecule has 0 spiro atoms. The largest absolute Gasteiger partial charge is 0.493 e. The fourth-order valence-electron chi connectivity index (χ4n) is 2.70. The molecule has 0 aliphatic carbocycles. The highest BCUT2D eigenvalue weighted by molar-refractivity contribution is 7.17. The first-order valence-electron chi connectivity index (χ1n) is 8.55. The third-order valence-electron chi connectivity index (χ3n) is 3.86. The van der Waals surface area contributed by atoms with Crippen LogP contribution in [0.1, 0.15) is 25.2 Å². The molecule has 0 fully saturated rings. The second-order valence-electron chi connectivity index (χ2n) is 6.16. The van der Waals surface area contributed by atoms with E-state index in [-0.39, 0.29) is 6.04 Å². The molecule has 27 heavy (non-hydrogen) atoms. The van der Waals surface area contributed by atoms with Crippen LogP contribution in [0, 0.1) is 0 Å². The molecule has 1 aromatic carbocycles. The van der Waals surface area contributed by atoms with Crippen LogP contribution in [0.3, 0.4) is 0 Å². The zero-order chi connectivity index (χ0) is 19.4. The lowest BCUT2D eigenvalue weighted by atomic mass is 10.1. The van der Waals surface area contributed by atoms with Crippen molar-refractivity contribution < 1.29 is 14.2 Å². The van der Waals surface area contributed by atoms with Crippen molar-refractivity contribution in [1.82, 2.24) is 9.97 Å². The lowest BCUT2D eigenvalue weighted by molar-refractivity contribution is 0.324. The molecule has 7 heteroatoms. The van der Waals surface area contributed by atoms with E-state index in [1.54, 1.807) is 32.7 Å². The van der Waals surface area contributed by atoms with E-state index < -0.39 is 0 Å². The van der Waals surface area contributed by atoms with Gasteiger partial charge in [0, 0.05) is 6.04 Å². The second-order valence-corrected chi connectivity index (χ2v) is 7.07. The first-order chi connectivity index (χ1) is 13.0. The van der Waals surface area contributed by atoms with Crippen LogP contribution in [0.2, 0.25) is 0 Å². The third kappa shape index (κ3) is 4.14. The molecule has 0 atom stereocenters. The highest BCUT2D eigenvalue weighted by atomic mass is 32.1. The van der Waals surface area contributed by atoms with Gasteiger partial charge in [-0.1, -0.05) is 6.08 Å². The van der Waals surface area contributed by atoms with Gasteiger partial charge >= 0.3 is 0 Å². The van der Waals surface area contributed by atoms with Gasteiger partial charge in [0.25, 0.3) is 0 Å². The fraction of sp³-hybridized carbons (Fsp3) is 0.300. The molecule has 0 saturated carbocycles. The highest BCUT2D eigenvalue weighted by Gasteiger charge is 2.12. The SMILES string of the molecule is COc1cc(/C=C/c2nc(NC(C)C)c3sccc3n2)cc(OC)c1OC. The summed E-state index contributed by atoms with van der Waals surface area (Å²) in [5.41, 5.74) is 1.83. The predicted molar refractivity (Wildman–Crippen MR) is 111 cm³/mol. The molecule has 2 aromatic heterocycles. The van der Waals surface area contributed by atoms with Crippen molar-refractivity contribution >= 4 is 39.5 Å². The number of nitrogens with one attached hydrogen (secondary N) is 1. The molecule has 0 unspecified atom stereocenters. The summed E-state index contributed by atoms with van der Waals surface area (Å²) in [6, 6.07) is 6.06. The number of aromatic nitrogens is 2. The summed E-state index contributed by atoms with van der Waals surface area (Å²) in [6.45, 7) is 4.18. The molecular formula is C20H23N3O3S.